The molecule has 1 aliphatic carbocycles. The topological polar surface area (TPSA) is 60.2 Å². The summed E-state index contributed by atoms with van der Waals surface area (Å²) < 4.78 is 25.1. The van der Waals surface area contributed by atoms with Gasteiger partial charge in [-0.15, -0.1) is 0 Å². The van der Waals surface area contributed by atoms with Crippen LogP contribution < -0.4 is 5.73 Å². The van der Waals surface area contributed by atoms with Gasteiger partial charge in [0.15, 0.2) is 9.84 Å². The molecule has 0 amide bonds. The molecule has 1 aromatic carbocycles. The fraction of sp³-hybridized carbons (Fsp3) is 0.600. The fourth-order valence-electron chi connectivity index (χ4n) is 2.78. The summed E-state index contributed by atoms with van der Waals surface area (Å²) in [4.78, 5) is 0. The van der Waals surface area contributed by atoms with Gasteiger partial charge in [-0.2, -0.15) is 0 Å². The molecule has 3 nitrogen and oxygen atoms in total. The summed E-state index contributed by atoms with van der Waals surface area (Å²) in [5.74, 6) is 0. The SMILES string of the molecule is Cc1ccc(C(N)C(C)S(=O)(=O)C2CCCC2)cc1. The quantitative estimate of drug-likeness (QED) is 0.923. The summed E-state index contributed by atoms with van der Waals surface area (Å²) in [5, 5.41) is -0.697. The Labute approximate surface area is 116 Å². The molecule has 1 aliphatic rings. The van der Waals surface area contributed by atoms with Gasteiger partial charge in [-0.3, -0.25) is 0 Å². The third-order valence-corrected chi connectivity index (χ3v) is 6.98. The van der Waals surface area contributed by atoms with E-state index in [1.54, 1.807) is 6.92 Å². The molecule has 1 aromatic rings. The molecule has 0 saturated heterocycles. The summed E-state index contributed by atoms with van der Waals surface area (Å²) in [5.41, 5.74) is 8.22. The highest BCUT2D eigenvalue weighted by Crippen LogP contribution is 2.31. The Hall–Kier alpha value is -0.870. The average molecular weight is 281 g/mol. The highest BCUT2D eigenvalue weighted by molar-refractivity contribution is 7.92. The maximum atomic E-state index is 12.5. The number of rotatable bonds is 4. The highest BCUT2D eigenvalue weighted by Gasteiger charge is 2.36. The second-order valence-corrected chi connectivity index (χ2v) is 8.23. The van der Waals surface area contributed by atoms with Crippen LogP contribution in [0, 0.1) is 6.92 Å². The Bertz CT molecular complexity index is 516. The predicted octanol–water partition coefficient (Wildman–Crippen LogP) is 2.74. The third kappa shape index (κ3) is 3.00. The molecule has 0 heterocycles. The van der Waals surface area contributed by atoms with E-state index >= 15 is 0 Å². The Balaban J connectivity index is 2.18. The molecule has 2 atom stereocenters. The molecule has 0 aliphatic heterocycles. The van der Waals surface area contributed by atoms with Crippen molar-refractivity contribution in [2.75, 3.05) is 0 Å². The summed E-state index contributed by atoms with van der Waals surface area (Å²) in [6.45, 7) is 3.76. The van der Waals surface area contributed by atoms with Gasteiger partial charge >= 0.3 is 0 Å². The van der Waals surface area contributed by atoms with Crippen molar-refractivity contribution in [1.82, 2.24) is 0 Å². The van der Waals surface area contributed by atoms with Crippen molar-refractivity contribution in [2.24, 2.45) is 5.73 Å². The van der Waals surface area contributed by atoms with Crippen LogP contribution in [0.25, 0.3) is 0 Å². The fourth-order valence-corrected chi connectivity index (χ4v) is 4.95. The minimum atomic E-state index is -3.12. The molecule has 2 N–H and O–H groups in total. The zero-order valence-electron chi connectivity index (χ0n) is 11.7. The van der Waals surface area contributed by atoms with Crippen LogP contribution in [0.15, 0.2) is 24.3 Å². The smallest absolute Gasteiger partial charge is 0.157 e. The monoisotopic (exact) mass is 281 g/mol. The number of hydrogen-bond acceptors (Lipinski definition) is 3. The second kappa shape index (κ2) is 5.63. The van der Waals surface area contributed by atoms with E-state index in [1.165, 1.54) is 0 Å². The molecule has 4 heteroatoms. The van der Waals surface area contributed by atoms with Crippen molar-refractivity contribution < 1.29 is 8.42 Å². The van der Waals surface area contributed by atoms with Gasteiger partial charge in [0.2, 0.25) is 0 Å². The van der Waals surface area contributed by atoms with Crippen molar-refractivity contribution in [3.05, 3.63) is 35.4 Å². The first-order chi connectivity index (χ1) is 8.93. The number of benzene rings is 1. The van der Waals surface area contributed by atoms with E-state index < -0.39 is 21.1 Å². The van der Waals surface area contributed by atoms with E-state index in [-0.39, 0.29) is 5.25 Å². The van der Waals surface area contributed by atoms with E-state index in [4.69, 9.17) is 5.73 Å². The predicted molar refractivity (Wildman–Crippen MR) is 78.7 cm³/mol. The lowest BCUT2D eigenvalue weighted by Crippen LogP contribution is -2.36. The first-order valence-corrected chi connectivity index (χ1v) is 8.58. The Kier molecular flexibility index (Phi) is 4.31. The summed E-state index contributed by atoms with van der Waals surface area (Å²) in [6.07, 6.45) is 3.65. The number of hydrogen-bond donors (Lipinski definition) is 1. The maximum absolute atomic E-state index is 12.5. The van der Waals surface area contributed by atoms with Crippen molar-refractivity contribution in [3.63, 3.8) is 0 Å². The highest BCUT2D eigenvalue weighted by atomic mass is 32.2. The van der Waals surface area contributed by atoms with Crippen LogP contribution in [0.2, 0.25) is 0 Å². The zero-order valence-corrected chi connectivity index (χ0v) is 12.5. The van der Waals surface area contributed by atoms with Gasteiger partial charge in [0.1, 0.15) is 0 Å². The molecule has 1 saturated carbocycles. The molecule has 2 rings (SSSR count). The summed E-state index contributed by atoms with van der Waals surface area (Å²) in [6, 6.07) is 7.38. The van der Waals surface area contributed by atoms with E-state index in [0.717, 1.165) is 36.8 Å². The van der Waals surface area contributed by atoms with Gasteiger partial charge in [0.25, 0.3) is 0 Å². The van der Waals surface area contributed by atoms with Crippen molar-refractivity contribution in [3.8, 4) is 0 Å². The lowest BCUT2D eigenvalue weighted by molar-refractivity contribution is 0.549. The average Bonchev–Trinajstić information content (AvgIpc) is 2.92. The Morgan fingerprint density at radius 1 is 1.16 bits per heavy atom. The second-order valence-electron chi connectivity index (χ2n) is 5.64. The van der Waals surface area contributed by atoms with Crippen molar-refractivity contribution >= 4 is 9.84 Å². The van der Waals surface area contributed by atoms with Crippen LogP contribution in [0.4, 0.5) is 0 Å². The third-order valence-electron chi connectivity index (χ3n) is 4.25. The molecule has 106 valence electrons. The van der Waals surface area contributed by atoms with Crippen LogP contribution in [-0.4, -0.2) is 18.9 Å². The normalized spacial score (nSPS) is 20.4. The molecule has 19 heavy (non-hydrogen) atoms. The van der Waals surface area contributed by atoms with Crippen LogP contribution in [0.5, 0.6) is 0 Å². The summed E-state index contributed by atoms with van der Waals surface area (Å²) in [7, 11) is -3.12. The minimum absolute atomic E-state index is 0.181. The number of sulfone groups is 1. The van der Waals surface area contributed by atoms with Crippen molar-refractivity contribution in [1.29, 1.82) is 0 Å². The largest absolute Gasteiger partial charge is 0.323 e. The standard InChI is InChI=1S/C15H23NO2S/c1-11-7-9-13(10-8-11)15(16)12(2)19(17,18)14-5-3-4-6-14/h7-10,12,14-15H,3-6,16H2,1-2H3. The van der Waals surface area contributed by atoms with Gasteiger partial charge in [-0.05, 0) is 32.3 Å². The molecule has 0 spiro atoms. The molecule has 0 bridgehead atoms. The van der Waals surface area contributed by atoms with Gasteiger partial charge in [0, 0.05) is 6.04 Å². The first kappa shape index (κ1) is 14.5. The van der Waals surface area contributed by atoms with E-state index in [9.17, 15) is 8.42 Å². The molecular formula is C15H23NO2S. The van der Waals surface area contributed by atoms with Gasteiger partial charge in [-0.1, -0.05) is 42.7 Å². The van der Waals surface area contributed by atoms with E-state index in [0.29, 0.717) is 0 Å². The zero-order chi connectivity index (χ0) is 14.0. The Morgan fingerprint density at radius 2 is 1.68 bits per heavy atom. The van der Waals surface area contributed by atoms with Crippen LogP contribution >= 0.6 is 0 Å². The number of aryl methyl sites for hydroxylation is 1. The van der Waals surface area contributed by atoms with Crippen LogP contribution in [-0.2, 0) is 9.84 Å². The van der Waals surface area contributed by atoms with Gasteiger partial charge in [0.05, 0.1) is 10.5 Å². The molecule has 0 aromatic heterocycles. The van der Waals surface area contributed by atoms with Gasteiger partial charge < -0.3 is 5.73 Å². The van der Waals surface area contributed by atoms with Crippen LogP contribution in [0.3, 0.4) is 0 Å². The minimum Gasteiger partial charge on any atom is -0.323 e. The maximum Gasteiger partial charge on any atom is 0.157 e. The molecule has 2 unspecified atom stereocenters. The molecule has 0 radical (unpaired) electrons. The molecule has 1 fully saturated rings. The Morgan fingerprint density at radius 3 is 2.21 bits per heavy atom. The lowest BCUT2D eigenvalue weighted by Gasteiger charge is -2.24. The number of nitrogens with two attached hydrogens (primary N) is 1. The summed E-state index contributed by atoms with van der Waals surface area (Å²) >= 11 is 0. The van der Waals surface area contributed by atoms with E-state index in [2.05, 4.69) is 0 Å². The first-order valence-electron chi connectivity index (χ1n) is 6.98. The van der Waals surface area contributed by atoms with Crippen LogP contribution in [0.1, 0.15) is 49.8 Å². The lowest BCUT2D eigenvalue weighted by atomic mass is 10.0. The molecular weight excluding hydrogens is 258 g/mol. The van der Waals surface area contributed by atoms with Gasteiger partial charge in [-0.25, -0.2) is 8.42 Å². The van der Waals surface area contributed by atoms with E-state index in [1.807, 2.05) is 31.2 Å². The van der Waals surface area contributed by atoms with Crippen molar-refractivity contribution in [2.45, 2.75) is 56.1 Å².